The second kappa shape index (κ2) is 8.62. The number of benzene rings is 1. The van der Waals surface area contributed by atoms with Gasteiger partial charge in [-0.2, -0.15) is 13.2 Å². The van der Waals surface area contributed by atoms with Gasteiger partial charge in [-0.1, -0.05) is 0 Å². The second-order valence-electron chi connectivity index (χ2n) is 7.60. The fourth-order valence-corrected chi connectivity index (χ4v) is 3.74. The van der Waals surface area contributed by atoms with Gasteiger partial charge in [0.1, 0.15) is 11.5 Å². The van der Waals surface area contributed by atoms with E-state index in [0.717, 1.165) is 11.3 Å². The summed E-state index contributed by atoms with van der Waals surface area (Å²) in [5.41, 5.74) is -1.16. The minimum atomic E-state index is -4.65. The predicted octanol–water partition coefficient (Wildman–Crippen LogP) is 6.21. The van der Waals surface area contributed by atoms with Crippen LogP contribution >= 0.6 is 0 Å². The van der Waals surface area contributed by atoms with Crippen molar-refractivity contribution in [3.63, 3.8) is 0 Å². The highest BCUT2D eigenvalue weighted by Gasteiger charge is 2.48. The Kier molecular flexibility index (Phi) is 6.33. The molecule has 0 N–H and O–H groups in total. The zero-order valence-corrected chi connectivity index (χ0v) is 16.7. The fourth-order valence-electron chi connectivity index (χ4n) is 3.74. The van der Waals surface area contributed by atoms with Gasteiger partial charge in [0.25, 0.3) is 0 Å². The van der Waals surface area contributed by atoms with Crippen molar-refractivity contribution < 1.29 is 22.0 Å². The van der Waals surface area contributed by atoms with Crippen molar-refractivity contribution in [2.24, 2.45) is 20.9 Å². The van der Waals surface area contributed by atoms with Crippen LogP contribution in [0.15, 0.2) is 56.7 Å². The van der Waals surface area contributed by atoms with Gasteiger partial charge in [0.2, 0.25) is 0 Å². The quantitative estimate of drug-likeness (QED) is 0.385. The van der Waals surface area contributed by atoms with Crippen LogP contribution in [0.2, 0.25) is 0 Å². The molecule has 0 aromatic heterocycles. The largest absolute Gasteiger partial charge is 0.416 e. The molecular weight excluding hydrogens is 401 g/mol. The number of aliphatic imine (C=N–C) groups is 3. The van der Waals surface area contributed by atoms with Gasteiger partial charge in [0.15, 0.2) is 0 Å². The normalized spacial score (nSPS) is 25.0. The van der Waals surface area contributed by atoms with E-state index in [9.17, 15) is 17.6 Å². The van der Waals surface area contributed by atoms with Crippen molar-refractivity contribution in [2.75, 3.05) is 6.54 Å². The van der Waals surface area contributed by atoms with Crippen molar-refractivity contribution in [1.29, 1.82) is 0 Å². The summed E-state index contributed by atoms with van der Waals surface area (Å²) in [5.74, 6) is -1.12. The highest BCUT2D eigenvalue weighted by Crippen LogP contribution is 2.52. The number of rotatable bonds is 6. The molecule has 1 aliphatic carbocycles. The molecule has 1 saturated carbocycles. The standard InChI is InChI=1S/C22H22F5N3/c1-3-29-18(13-28-11-16-6-14(2)30-12-16)7-15-9-21(24,10-15)19-8-17(22(25,26)27)4-5-20(19)23/h3-6,8,11,13,15H,7,9-10,12H2,1-2H3/b18-13-,28-11?,29-3?. The van der Waals surface area contributed by atoms with Crippen LogP contribution in [0, 0.1) is 11.7 Å². The maximum absolute atomic E-state index is 15.1. The van der Waals surface area contributed by atoms with Crippen LogP contribution in [-0.2, 0) is 11.8 Å². The Labute approximate surface area is 171 Å². The van der Waals surface area contributed by atoms with Crippen LogP contribution in [0.4, 0.5) is 22.0 Å². The van der Waals surface area contributed by atoms with E-state index in [0.29, 0.717) is 36.9 Å². The molecule has 1 aliphatic heterocycles. The van der Waals surface area contributed by atoms with Gasteiger partial charge < -0.3 is 0 Å². The van der Waals surface area contributed by atoms with Crippen molar-refractivity contribution in [2.45, 2.75) is 45.0 Å². The van der Waals surface area contributed by atoms with Crippen LogP contribution in [0.25, 0.3) is 0 Å². The van der Waals surface area contributed by atoms with Crippen LogP contribution in [0.3, 0.4) is 0 Å². The van der Waals surface area contributed by atoms with Gasteiger partial charge in [-0.05, 0) is 68.9 Å². The average Bonchev–Trinajstić information content (AvgIpc) is 3.05. The van der Waals surface area contributed by atoms with Gasteiger partial charge in [-0.3, -0.25) is 15.0 Å². The first-order valence-electron chi connectivity index (χ1n) is 9.59. The number of nitrogens with zero attached hydrogens (tertiary/aromatic N) is 3. The summed E-state index contributed by atoms with van der Waals surface area (Å²) >= 11 is 0. The van der Waals surface area contributed by atoms with E-state index in [1.165, 1.54) is 0 Å². The summed E-state index contributed by atoms with van der Waals surface area (Å²) in [7, 11) is 0. The molecule has 0 saturated heterocycles. The molecule has 1 fully saturated rings. The summed E-state index contributed by atoms with van der Waals surface area (Å²) in [4.78, 5) is 12.7. The maximum atomic E-state index is 15.1. The molecule has 8 heteroatoms. The zero-order valence-electron chi connectivity index (χ0n) is 16.7. The first kappa shape index (κ1) is 22.1. The number of allylic oxidation sites excluding steroid dienone is 2. The Morgan fingerprint density at radius 1 is 1.30 bits per heavy atom. The first-order chi connectivity index (χ1) is 14.1. The summed E-state index contributed by atoms with van der Waals surface area (Å²) in [6.07, 6.45) is 2.41. The zero-order chi connectivity index (χ0) is 21.9. The van der Waals surface area contributed by atoms with Crippen LogP contribution in [0.5, 0.6) is 0 Å². The molecular formula is C22H22F5N3. The topological polar surface area (TPSA) is 37.1 Å². The van der Waals surface area contributed by atoms with E-state index in [4.69, 9.17) is 0 Å². The number of hydrogen-bond acceptors (Lipinski definition) is 3. The lowest BCUT2D eigenvalue weighted by atomic mass is 9.67. The summed E-state index contributed by atoms with van der Waals surface area (Å²) in [6.45, 7) is 4.22. The third kappa shape index (κ3) is 5.09. The minimum Gasteiger partial charge on any atom is -0.285 e. The monoisotopic (exact) mass is 423 g/mol. The number of hydrogen-bond donors (Lipinski definition) is 0. The summed E-state index contributed by atoms with van der Waals surface area (Å²) in [5, 5.41) is 0. The van der Waals surface area contributed by atoms with Crippen LogP contribution in [-0.4, -0.2) is 24.7 Å². The Balaban J connectivity index is 1.66. The number of alkyl halides is 4. The highest BCUT2D eigenvalue weighted by atomic mass is 19.4. The van der Waals surface area contributed by atoms with E-state index >= 15 is 4.39 Å². The molecule has 0 radical (unpaired) electrons. The van der Waals surface area contributed by atoms with E-state index in [-0.39, 0.29) is 18.8 Å². The molecule has 0 unspecified atom stereocenters. The molecule has 3 rings (SSSR count). The molecule has 160 valence electrons. The molecule has 2 aliphatic rings. The van der Waals surface area contributed by atoms with Gasteiger partial charge in [0.05, 0.1) is 17.8 Å². The molecule has 0 spiro atoms. The Morgan fingerprint density at radius 2 is 2.03 bits per heavy atom. The molecule has 1 heterocycles. The van der Waals surface area contributed by atoms with Gasteiger partial charge in [-0.25, -0.2) is 8.78 Å². The molecule has 3 nitrogen and oxygen atoms in total. The Hall–Kier alpha value is -2.64. The van der Waals surface area contributed by atoms with Gasteiger partial charge >= 0.3 is 6.18 Å². The lowest BCUT2D eigenvalue weighted by Crippen LogP contribution is -2.38. The van der Waals surface area contributed by atoms with Crippen LogP contribution < -0.4 is 0 Å². The molecule has 0 bridgehead atoms. The van der Waals surface area contributed by atoms with Gasteiger partial charge in [-0.15, -0.1) is 0 Å². The van der Waals surface area contributed by atoms with E-state index in [2.05, 4.69) is 15.0 Å². The predicted molar refractivity (Wildman–Crippen MR) is 108 cm³/mol. The fraction of sp³-hybridized carbons (Fsp3) is 0.409. The van der Waals surface area contributed by atoms with E-state index < -0.39 is 28.8 Å². The van der Waals surface area contributed by atoms with Crippen molar-refractivity contribution in [3.05, 3.63) is 58.7 Å². The molecule has 1 aromatic rings. The minimum absolute atomic E-state index is 0.0658. The Bertz CT molecular complexity index is 948. The van der Waals surface area contributed by atoms with Gasteiger partial charge in [0, 0.05) is 29.9 Å². The highest BCUT2D eigenvalue weighted by molar-refractivity contribution is 6.01. The molecule has 30 heavy (non-hydrogen) atoms. The SMILES string of the molecule is CC=N/C(=C\N=CC1=CC(C)=NC1)CC1CC(F)(c2cc(C(F)(F)F)ccc2F)C1. The summed E-state index contributed by atoms with van der Waals surface area (Å²) in [6, 6.07) is 1.88. The Morgan fingerprint density at radius 3 is 2.63 bits per heavy atom. The van der Waals surface area contributed by atoms with E-state index in [1.807, 2.05) is 13.0 Å². The van der Waals surface area contributed by atoms with Crippen molar-refractivity contribution in [1.82, 2.24) is 0 Å². The first-order valence-corrected chi connectivity index (χ1v) is 9.59. The lowest BCUT2D eigenvalue weighted by Gasteiger charge is -2.42. The third-order valence-corrected chi connectivity index (χ3v) is 5.16. The second-order valence-corrected chi connectivity index (χ2v) is 7.60. The number of halogens is 5. The van der Waals surface area contributed by atoms with Crippen molar-refractivity contribution >= 4 is 18.1 Å². The average molecular weight is 423 g/mol. The summed E-state index contributed by atoms with van der Waals surface area (Å²) < 4.78 is 67.9. The molecule has 0 atom stereocenters. The van der Waals surface area contributed by atoms with Crippen molar-refractivity contribution in [3.8, 4) is 0 Å². The van der Waals surface area contributed by atoms with Crippen LogP contribution in [0.1, 0.15) is 44.2 Å². The maximum Gasteiger partial charge on any atom is 0.416 e. The smallest absolute Gasteiger partial charge is 0.285 e. The molecule has 1 aromatic carbocycles. The molecule has 0 amide bonds. The van der Waals surface area contributed by atoms with E-state index in [1.54, 1.807) is 25.6 Å². The lowest BCUT2D eigenvalue weighted by molar-refractivity contribution is -0.137. The third-order valence-electron chi connectivity index (χ3n) is 5.16.